The van der Waals surface area contributed by atoms with Crippen LogP contribution in [0.2, 0.25) is 0 Å². The molecule has 3 nitrogen and oxygen atoms in total. The van der Waals surface area contributed by atoms with Crippen LogP contribution < -0.4 is 5.32 Å². The van der Waals surface area contributed by atoms with Crippen LogP contribution in [0.5, 0.6) is 0 Å². The summed E-state index contributed by atoms with van der Waals surface area (Å²) in [6.45, 7) is 9.52. The lowest BCUT2D eigenvalue weighted by Crippen LogP contribution is -2.12. The summed E-state index contributed by atoms with van der Waals surface area (Å²) in [5, 5.41) is 3.38. The van der Waals surface area contributed by atoms with Crippen molar-refractivity contribution in [2.75, 3.05) is 11.9 Å². The van der Waals surface area contributed by atoms with Gasteiger partial charge in [-0.15, -0.1) is 0 Å². The van der Waals surface area contributed by atoms with Crippen LogP contribution in [0.4, 0.5) is 5.95 Å². The number of rotatable bonds is 4. The van der Waals surface area contributed by atoms with E-state index >= 15 is 0 Å². The van der Waals surface area contributed by atoms with E-state index < -0.39 is 0 Å². The maximum Gasteiger partial charge on any atom is 0.207 e. The predicted octanol–water partition coefficient (Wildman–Crippen LogP) is 4.32. The molecule has 19 heavy (non-hydrogen) atoms. The monoisotopic (exact) mass is 321 g/mol. The van der Waals surface area contributed by atoms with Crippen molar-refractivity contribution in [3.05, 3.63) is 40.1 Å². The Morgan fingerprint density at radius 3 is 2.47 bits per heavy atom. The van der Waals surface area contributed by atoms with E-state index in [1.54, 1.807) is 0 Å². The topological polar surface area (TPSA) is 29.9 Å². The third-order valence-corrected chi connectivity index (χ3v) is 4.26. The molecule has 4 heteroatoms. The highest BCUT2D eigenvalue weighted by molar-refractivity contribution is 9.10. The standard InChI is InChI=1S/C15H20BrN3/c1-10(2)9-18-15-17-5-6-19(15)13-7-11(3)14(16)12(4)8-13/h5-8,10H,9H2,1-4H3,(H,17,18). The van der Waals surface area contributed by atoms with Crippen molar-refractivity contribution >= 4 is 21.9 Å². The molecule has 102 valence electrons. The van der Waals surface area contributed by atoms with Crippen molar-refractivity contribution in [1.82, 2.24) is 9.55 Å². The first-order valence-corrected chi connectivity index (χ1v) is 7.32. The predicted molar refractivity (Wildman–Crippen MR) is 84.1 cm³/mol. The molecule has 0 aliphatic carbocycles. The van der Waals surface area contributed by atoms with Gasteiger partial charge < -0.3 is 5.32 Å². The second-order valence-corrected chi connectivity index (χ2v) is 6.08. The summed E-state index contributed by atoms with van der Waals surface area (Å²) in [6.07, 6.45) is 3.82. The van der Waals surface area contributed by atoms with Gasteiger partial charge in [-0.3, -0.25) is 4.57 Å². The number of anilines is 1. The molecular weight excluding hydrogens is 302 g/mol. The summed E-state index contributed by atoms with van der Waals surface area (Å²) in [4.78, 5) is 4.39. The Labute approximate surface area is 123 Å². The Morgan fingerprint density at radius 1 is 1.26 bits per heavy atom. The van der Waals surface area contributed by atoms with Gasteiger partial charge in [0.05, 0.1) is 0 Å². The van der Waals surface area contributed by atoms with Crippen molar-refractivity contribution in [2.45, 2.75) is 27.7 Å². The van der Waals surface area contributed by atoms with Crippen molar-refractivity contribution in [3.63, 3.8) is 0 Å². The molecule has 1 aromatic carbocycles. The second-order valence-electron chi connectivity index (χ2n) is 5.29. The summed E-state index contributed by atoms with van der Waals surface area (Å²) in [6, 6.07) is 4.33. The molecule has 0 atom stereocenters. The zero-order valence-corrected chi connectivity index (χ0v) is 13.5. The molecule has 0 fully saturated rings. The van der Waals surface area contributed by atoms with Gasteiger partial charge in [0, 0.05) is 29.1 Å². The fourth-order valence-electron chi connectivity index (χ4n) is 2.00. The van der Waals surface area contributed by atoms with Gasteiger partial charge in [-0.05, 0) is 43.0 Å². The molecule has 0 saturated heterocycles. The van der Waals surface area contributed by atoms with Gasteiger partial charge in [-0.1, -0.05) is 29.8 Å². The zero-order valence-electron chi connectivity index (χ0n) is 11.9. The molecule has 2 rings (SSSR count). The molecule has 2 aromatic rings. The quantitative estimate of drug-likeness (QED) is 0.908. The van der Waals surface area contributed by atoms with Crippen molar-refractivity contribution < 1.29 is 0 Å². The summed E-state index contributed by atoms with van der Waals surface area (Å²) in [5.41, 5.74) is 3.61. The van der Waals surface area contributed by atoms with Gasteiger partial charge in [-0.2, -0.15) is 0 Å². The van der Waals surface area contributed by atoms with E-state index in [2.05, 4.69) is 70.6 Å². The number of hydrogen-bond donors (Lipinski definition) is 1. The first kappa shape index (κ1) is 14.1. The Kier molecular flexibility index (Phi) is 4.30. The minimum absolute atomic E-state index is 0.596. The minimum atomic E-state index is 0.596. The fourth-order valence-corrected chi connectivity index (χ4v) is 2.23. The number of nitrogens with one attached hydrogen (secondary N) is 1. The Bertz CT molecular complexity index is 550. The fraction of sp³-hybridized carbons (Fsp3) is 0.400. The summed E-state index contributed by atoms with van der Waals surface area (Å²) in [7, 11) is 0. The largest absolute Gasteiger partial charge is 0.355 e. The van der Waals surface area contributed by atoms with Crippen LogP contribution in [0, 0.1) is 19.8 Å². The molecule has 0 aliphatic rings. The molecule has 0 bridgehead atoms. The van der Waals surface area contributed by atoms with Crippen LogP contribution in [-0.4, -0.2) is 16.1 Å². The highest BCUT2D eigenvalue weighted by Gasteiger charge is 2.08. The minimum Gasteiger partial charge on any atom is -0.355 e. The molecule has 0 unspecified atom stereocenters. The molecule has 1 N–H and O–H groups in total. The number of nitrogens with zero attached hydrogens (tertiary/aromatic N) is 2. The molecule has 0 saturated carbocycles. The summed E-state index contributed by atoms with van der Waals surface area (Å²) in [5.74, 6) is 1.49. The maximum atomic E-state index is 4.39. The van der Waals surface area contributed by atoms with E-state index in [-0.39, 0.29) is 0 Å². The number of hydrogen-bond acceptors (Lipinski definition) is 2. The molecular formula is C15H20BrN3. The smallest absolute Gasteiger partial charge is 0.207 e. The van der Waals surface area contributed by atoms with Crippen LogP contribution >= 0.6 is 15.9 Å². The van der Waals surface area contributed by atoms with E-state index in [1.165, 1.54) is 15.6 Å². The SMILES string of the molecule is Cc1cc(-n2ccnc2NCC(C)C)cc(C)c1Br. The van der Waals surface area contributed by atoms with Gasteiger partial charge in [0.1, 0.15) is 0 Å². The lowest BCUT2D eigenvalue weighted by Gasteiger charge is -2.13. The molecule has 0 amide bonds. The van der Waals surface area contributed by atoms with Gasteiger partial charge in [0.25, 0.3) is 0 Å². The first-order valence-electron chi connectivity index (χ1n) is 6.53. The van der Waals surface area contributed by atoms with Crippen LogP contribution in [0.25, 0.3) is 5.69 Å². The van der Waals surface area contributed by atoms with Crippen LogP contribution in [0.3, 0.4) is 0 Å². The van der Waals surface area contributed by atoms with Crippen LogP contribution in [0.1, 0.15) is 25.0 Å². The van der Waals surface area contributed by atoms with E-state index in [0.717, 1.165) is 18.2 Å². The first-order chi connectivity index (χ1) is 8.99. The van der Waals surface area contributed by atoms with Crippen molar-refractivity contribution in [1.29, 1.82) is 0 Å². The zero-order chi connectivity index (χ0) is 14.0. The molecule has 0 aliphatic heterocycles. The maximum absolute atomic E-state index is 4.39. The lowest BCUT2D eigenvalue weighted by molar-refractivity contribution is 0.683. The number of aromatic nitrogens is 2. The van der Waals surface area contributed by atoms with Gasteiger partial charge in [-0.25, -0.2) is 4.98 Å². The highest BCUT2D eigenvalue weighted by atomic mass is 79.9. The number of imidazole rings is 1. The van der Waals surface area contributed by atoms with Crippen LogP contribution in [-0.2, 0) is 0 Å². The number of halogens is 1. The molecule has 1 heterocycles. The van der Waals surface area contributed by atoms with Crippen LogP contribution in [0.15, 0.2) is 29.0 Å². The normalized spacial score (nSPS) is 11.1. The Balaban J connectivity index is 2.34. The molecule has 0 spiro atoms. The number of aryl methyl sites for hydroxylation is 2. The molecule has 0 radical (unpaired) electrons. The van der Waals surface area contributed by atoms with E-state index in [4.69, 9.17) is 0 Å². The van der Waals surface area contributed by atoms with E-state index in [0.29, 0.717) is 5.92 Å². The highest BCUT2D eigenvalue weighted by Crippen LogP contribution is 2.25. The second kappa shape index (κ2) is 5.78. The third kappa shape index (κ3) is 3.18. The van der Waals surface area contributed by atoms with Gasteiger partial charge >= 0.3 is 0 Å². The van der Waals surface area contributed by atoms with Gasteiger partial charge in [0.15, 0.2) is 0 Å². The Morgan fingerprint density at radius 2 is 1.89 bits per heavy atom. The summed E-state index contributed by atoms with van der Waals surface area (Å²) < 4.78 is 3.27. The van der Waals surface area contributed by atoms with Crippen molar-refractivity contribution in [2.24, 2.45) is 5.92 Å². The summed E-state index contributed by atoms with van der Waals surface area (Å²) >= 11 is 3.60. The van der Waals surface area contributed by atoms with Crippen molar-refractivity contribution in [3.8, 4) is 5.69 Å². The lowest BCUT2D eigenvalue weighted by atomic mass is 10.1. The van der Waals surface area contributed by atoms with E-state index in [9.17, 15) is 0 Å². The number of benzene rings is 1. The average Bonchev–Trinajstić information content (AvgIpc) is 2.81. The molecule has 1 aromatic heterocycles. The Hall–Kier alpha value is -1.29. The van der Waals surface area contributed by atoms with Gasteiger partial charge in [0.2, 0.25) is 5.95 Å². The van der Waals surface area contributed by atoms with E-state index in [1.807, 2.05) is 12.4 Å². The third-order valence-electron chi connectivity index (χ3n) is 3.01. The average molecular weight is 322 g/mol.